The fourth-order valence-corrected chi connectivity index (χ4v) is 6.02. The van der Waals surface area contributed by atoms with Gasteiger partial charge in [-0.1, -0.05) is 125 Å². The van der Waals surface area contributed by atoms with E-state index in [1.54, 1.807) is 0 Å². The Hall–Kier alpha value is -3.94. The van der Waals surface area contributed by atoms with Gasteiger partial charge in [0.15, 0.2) is 0 Å². The molecule has 0 bridgehead atoms. The first-order valence-electron chi connectivity index (χ1n) is 11.9. The zero-order valence-corrected chi connectivity index (χ0v) is 20.6. The Bertz CT molecular complexity index is 1730. The third-order valence-corrected chi connectivity index (χ3v) is 7.55. The summed E-state index contributed by atoms with van der Waals surface area (Å²) in [5.74, 6) is 0. The van der Waals surface area contributed by atoms with Crippen molar-refractivity contribution in [2.45, 2.75) is 0 Å². The molecule has 0 fully saturated rings. The van der Waals surface area contributed by atoms with Crippen LogP contribution in [0.2, 0.25) is 0 Å². The van der Waals surface area contributed by atoms with Crippen molar-refractivity contribution in [1.29, 1.82) is 0 Å². The number of halogens is 1. The van der Waals surface area contributed by atoms with Crippen molar-refractivity contribution in [2.75, 3.05) is 0 Å². The topological polar surface area (TPSA) is 0 Å². The van der Waals surface area contributed by atoms with Gasteiger partial charge in [0.25, 0.3) is 0 Å². The van der Waals surface area contributed by atoms with Gasteiger partial charge in [0.2, 0.25) is 0 Å². The summed E-state index contributed by atoms with van der Waals surface area (Å²) < 4.78 is 1.09. The molecule has 7 rings (SSSR count). The highest BCUT2D eigenvalue weighted by Crippen LogP contribution is 2.57. The Balaban J connectivity index is 1.71. The molecule has 0 saturated heterocycles. The molecule has 1 aliphatic rings. The Kier molecular flexibility index (Phi) is 4.72. The van der Waals surface area contributed by atoms with Crippen molar-refractivity contribution in [3.8, 4) is 55.6 Å². The van der Waals surface area contributed by atoms with Crippen molar-refractivity contribution in [1.82, 2.24) is 0 Å². The van der Waals surface area contributed by atoms with Crippen molar-refractivity contribution >= 4 is 26.7 Å². The largest absolute Gasteiger partial charge is 0.0622 e. The maximum absolute atomic E-state index is 3.71. The molecule has 0 radical (unpaired) electrons. The van der Waals surface area contributed by atoms with E-state index < -0.39 is 0 Å². The predicted molar refractivity (Wildman–Crippen MR) is 152 cm³/mol. The van der Waals surface area contributed by atoms with Crippen molar-refractivity contribution in [2.24, 2.45) is 0 Å². The molecule has 0 spiro atoms. The molecule has 0 aromatic heterocycles. The molecule has 0 heterocycles. The molecule has 6 aromatic rings. The van der Waals surface area contributed by atoms with E-state index in [0.717, 1.165) is 4.47 Å². The summed E-state index contributed by atoms with van der Waals surface area (Å²) in [6.45, 7) is 0. The molecule has 0 nitrogen and oxygen atoms in total. The van der Waals surface area contributed by atoms with Crippen LogP contribution >= 0.6 is 15.9 Å². The van der Waals surface area contributed by atoms with Crippen LogP contribution in [0.1, 0.15) is 0 Å². The van der Waals surface area contributed by atoms with Gasteiger partial charge in [-0.3, -0.25) is 0 Å². The summed E-state index contributed by atoms with van der Waals surface area (Å²) in [7, 11) is 0. The number of hydrogen-bond donors (Lipinski definition) is 0. The molecule has 6 aromatic carbocycles. The van der Waals surface area contributed by atoms with Gasteiger partial charge in [0.05, 0.1) is 0 Å². The second-order valence-electron chi connectivity index (χ2n) is 9.05. The second kappa shape index (κ2) is 8.08. The highest BCUT2D eigenvalue weighted by atomic mass is 79.9. The van der Waals surface area contributed by atoms with Gasteiger partial charge in [0, 0.05) is 4.47 Å². The Morgan fingerprint density at radius 2 is 0.943 bits per heavy atom. The summed E-state index contributed by atoms with van der Waals surface area (Å²) in [6, 6.07) is 46.2. The van der Waals surface area contributed by atoms with Crippen LogP contribution in [0.5, 0.6) is 0 Å². The van der Waals surface area contributed by atoms with Gasteiger partial charge in [-0.15, -0.1) is 0 Å². The third kappa shape index (κ3) is 3.20. The van der Waals surface area contributed by atoms with E-state index in [0.29, 0.717) is 0 Å². The van der Waals surface area contributed by atoms with E-state index in [9.17, 15) is 0 Å². The van der Waals surface area contributed by atoms with Crippen LogP contribution in [0.25, 0.3) is 66.4 Å². The first-order valence-corrected chi connectivity index (χ1v) is 12.7. The number of fused-ring (bicyclic) bond motifs is 3. The van der Waals surface area contributed by atoms with Crippen LogP contribution in [0.3, 0.4) is 0 Å². The van der Waals surface area contributed by atoms with Crippen LogP contribution in [0.4, 0.5) is 0 Å². The van der Waals surface area contributed by atoms with Gasteiger partial charge in [0.1, 0.15) is 0 Å². The molecule has 1 aliphatic carbocycles. The zero-order valence-electron chi connectivity index (χ0n) is 19.0. The third-order valence-electron chi connectivity index (χ3n) is 7.05. The number of hydrogen-bond acceptors (Lipinski definition) is 0. The van der Waals surface area contributed by atoms with E-state index in [1.165, 1.54) is 66.4 Å². The minimum Gasteiger partial charge on any atom is -0.0622 e. The van der Waals surface area contributed by atoms with Crippen LogP contribution in [-0.4, -0.2) is 0 Å². The van der Waals surface area contributed by atoms with Gasteiger partial charge >= 0.3 is 0 Å². The molecule has 35 heavy (non-hydrogen) atoms. The predicted octanol–water partition coefficient (Wildman–Crippen LogP) is 10.3. The van der Waals surface area contributed by atoms with E-state index >= 15 is 0 Å². The first-order chi connectivity index (χ1) is 17.3. The number of rotatable bonds is 3. The van der Waals surface area contributed by atoms with Crippen molar-refractivity contribution in [3.05, 3.63) is 132 Å². The van der Waals surface area contributed by atoms with E-state index in [4.69, 9.17) is 0 Å². The minimum absolute atomic E-state index is 1.09. The average molecular weight is 509 g/mol. The Labute approximate surface area is 213 Å². The first kappa shape index (κ1) is 20.4. The molecule has 0 saturated carbocycles. The highest BCUT2D eigenvalue weighted by Gasteiger charge is 2.29. The second-order valence-corrected chi connectivity index (χ2v) is 9.96. The van der Waals surface area contributed by atoms with Crippen molar-refractivity contribution in [3.63, 3.8) is 0 Å². The summed E-state index contributed by atoms with van der Waals surface area (Å²) in [4.78, 5) is 0. The number of benzene rings is 6. The molecule has 0 unspecified atom stereocenters. The molecular weight excluding hydrogens is 488 g/mol. The summed E-state index contributed by atoms with van der Waals surface area (Å²) in [5, 5.41) is 2.64. The van der Waals surface area contributed by atoms with Crippen LogP contribution < -0.4 is 0 Å². The lowest BCUT2D eigenvalue weighted by molar-refractivity contribution is 1.55. The lowest BCUT2D eigenvalue weighted by Gasteiger charge is -2.21. The summed E-state index contributed by atoms with van der Waals surface area (Å²) >= 11 is 3.71. The van der Waals surface area contributed by atoms with Gasteiger partial charge in [-0.25, -0.2) is 0 Å². The van der Waals surface area contributed by atoms with E-state index in [-0.39, 0.29) is 0 Å². The van der Waals surface area contributed by atoms with Gasteiger partial charge in [-0.05, 0) is 84.6 Å². The fourth-order valence-electron chi connectivity index (χ4n) is 5.62. The molecule has 164 valence electrons. The van der Waals surface area contributed by atoms with Crippen LogP contribution in [0.15, 0.2) is 132 Å². The monoisotopic (exact) mass is 508 g/mol. The zero-order chi connectivity index (χ0) is 23.4. The van der Waals surface area contributed by atoms with Crippen LogP contribution in [0, 0.1) is 0 Å². The average Bonchev–Trinajstić information content (AvgIpc) is 3.25. The summed E-state index contributed by atoms with van der Waals surface area (Å²) in [6.07, 6.45) is 0. The summed E-state index contributed by atoms with van der Waals surface area (Å²) in [5.41, 5.74) is 12.8. The molecule has 0 aliphatic heterocycles. The fraction of sp³-hybridized carbons (Fsp3) is 0. The maximum Gasteiger partial charge on any atom is 0.0181 e. The van der Waals surface area contributed by atoms with E-state index in [2.05, 4.69) is 143 Å². The maximum atomic E-state index is 3.71. The van der Waals surface area contributed by atoms with Gasteiger partial charge < -0.3 is 0 Å². The molecule has 0 amide bonds. The van der Waals surface area contributed by atoms with E-state index in [1.807, 2.05) is 0 Å². The highest BCUT2D eigenvalue weighted by molar-refractivity contribution is 9.10. The molecule has 1 heteroatoms. The Morgan fingerprint density at radius 1 is 0.371 bits per heavy atom. The molecule has 0 N–H and O–H groups in total. The lowest BCUT2D eigenvalue weighted by Crippen LogP contribution is -1.94. The quantitative estimate of drug-likeness (QED) is 0.222. The molecule has 0 atom stereocenters. The normalized spacial score (nSPS) is 11.6. The smallest absolute Gasteiger partial charge is 0.0181 e. The lowest BCUT2D eigenvalue weighted by atomic mass is 9.82. The molecular formula is C34H21Br. The van der Waals surface area contributed by atoms with Crippen LogP contribution in [-0.2, 0) is 0 Å². The minimum atomic E-state index is 1.09. The van der Waals surface area contributed by atoms with Crippen molar-refractivity contribution < 1.29 is 0 Å². The Morgan fingerprint density at radius 3 is 1.63 bits per heavy atom. The van der Waals surface area contributed by atoms with Gasteiger partial charge in [-0.2, -0.15) is 0 Å². The standard InChI is InChI=1S/C34H21Br/c35-26-17-7-16-25(20-26)30-21-29(22-10-3-1-4-11-22)32(24-12-5-2-6-13-24)34-28-19-9-15-23-14-8-18-27(31(23)28)33(30)34/h1-21H. The SMILES string of the molecule is Brc1cccc(-c2cc(-c3ccccc3)c(-c3ccccc3)c3c2-c2cccc4cccc-3c24)c1.